The molecule has 0 heterocycles. The molecule has 0 aliphatic rings. The molecule has 0 saturated heterocycles. The van der Waals surface area contributed by atoms with Crippen LogP contribution in [0.15, 0.2) is 36.4 Å². The monoisotopic (exact) mass is 300 g/mol. The molecule has 21 heavy (non-hydrogen) atoms. The third kappa shape index (κ3) is 4.82. The molecule has 0 amide bonds. The highest BCUT2D eigenvalue weighted by Gasteiger charge is 2.27. The van der Waals surface area contributed by atoms with Crippen LogP contribution < -0.4 is 4.74 Å². The van der Waals surface area contributed by atoms with Gasteiger partial charge >= 0.3 is 6.18 Å². The number of rotatable bonds is 6. The van der Waals surface area contributed by atoms with E-state index in [9.17, 15) is 18.3 Å². The molecule has 0 spiro atoms. The van der Waals surface area contributed by atoms with E-state index < -0.39 is 12.8 Å². The van der Waals surface area contributed by atoms with Gasteiger partial charge in [-0.1, -0.05) is 24.3 Å². The van der Waals surface area contributed by atoms with E-state index in [2.05, 4.69) is 4.74 Å². The fraction of sp³-hybridized carbons (Fsp3) is 0.333. The summed E-state index contributed by atoms with van der Waals surface area (Å²) in [5, 5.41) is 11.6. The maximum Gasteiger partial charge on any atom is 0.411 e. The van der Waals surface area contributed by atoms with Crippen molar-refractivity contribution in [1.29, 1.82) is 0 Å². The zero-order chi connectivity index (χ0) is 15.3. The molecule has 2 aromatic rings. The number of phenolic OH excluding ortho intramolecular Hbond substituents is 1. The first kappa shape index (κ1) is 15.4. The van der Waals surface area contributed by atoms with Gasteiger partial charge in [0.15, 0.2) is 11.5 Å². The number of phenols is 1. The highest BCUT2D eigenvalue weighted by atomic mass is 19.4. The molecule has 0 aliphatic heterocycles. The summed E-state index contributed by atoms with van der Waals surface area (Å²) in [6, 6.07) is 10.8. The molecule has 6 heteroatoms. The van der Waals surface area contributed by atoms with Crippen LogP contribution in [-0.2, 0) is 4.74 Å². The third-order valence-corrected chi connectivity index (χ3v) is 2.78. The maximum absolute atomic E-state index is 11.8. The van der Waals surface area contributed by atoms with Gasteiger partial charge in [-0.25, -0.2) is 0 Å². The van der Waals surface area contributed by atoms with E-state index in [0.29, 0.717) is 12.2 Å². The van der Waals surface area contributed by atoms with Gasteiger partial charge in [0.1, 0.15) is 6.61 Å². The maximum atomic E-state index is 11.8. The molecule has 0 fully saturated rings. The van der Waals surface area contributed by atoms with Crippen molar-refractivity contribution in [2.45, 2.75) is 12.6 Å². The molecule has 0 unspecified atom stereocenters. The second kappa shape index (κ2) is 6.67. The summed E-state index contributed by atoms with van der Waals surface area (Å²) in [7, 11) is 0. The summed E-state index contributed by atoms with van der Waals surface area (Å²) >= 11 is 0. The lowest BCUT2D eigenvalue weighted by molar-refractivity contribution is -0.174. The molecule has 0 radical (unpaired) electrons. The van der Waals surface area contributed by atoms with Crippen molar-refractivity contribution >= 4 is 10.8 Å². The molecule has 0 saturated carbocycles. The van der Waals surface area contributed by atoms with Crippen molar-refractivity contribution < 1.29 is 27.8 Å². The average molecular weight is 300 g/mol. The standard InChI is InChI=1S/C15H15F3O3/c16-15(17,18)10-20-6-3-7-21-14-9-12-5-2-1-4-11(12)8-13(14)19/h1-2,4-5,8-9,19H,3,6-7,10H2. The lowest BCUT2D eigenvalue weighted by Gasteiger charge is -2.10. The van der Waals surface area contributed by atoms with Gasteiger partial charge in [-0.2, -0.15) is 13.2 Å². The summed E-state index contributed by atoms with van der Waals surface area (Å²) in [6.45, 7) is -1.13. The predicted octanol–water partition coefficient (Wildman–Crippen LogP) is 3.89. The lowest BCUT2D eigenvalue weighted by atomic mass is 10.1. The minimum absolute atomic E-state index is 0.00455. The van der Waals surface area contributed by atoms with Crippen LogP contribution in [0.4, 0.5) is 13.2 Å². The molecule has 2 aromatic carbocycles. The van der Waals surface area contributed by atoms with E-state index in [1.54, 1.807) is 12.1 Å². The van der Waals surface area contributed by atoms with Gasteiger partial charge < -0.3 is 14.6 Å². The van der Waals surface area contributed by atoms with Crippen LogP contribution >= 0.6 is 0 Å². The minimum atomic E-state index is -4.31. The van der Waals surface area contributed by atoms with Gasteiger partial charge in [-0.15, -0.1) is 0 Å². The van der Waals surface area contributed by atoms with Gasteiger partial charge in [0.25, 0.3) is 0 Å². The third-order valence-electron chi connectivity index (χ3n) is 2.78. The Labute approximate surface area is 119 Å². The van der Waals surface area contributed by atoms with E-state index in [1.807, 2.05) is 24.3 Å². The highest BCUT2D eigenvalue weighted by molar-refractivity contribution is 5.85. The molecular weight excluding hydrogens is 285 g/mol. The fourth-order valence-electron chi connectivity index (χ4n) is 1.85. The van der Waals surface area contributed by atoms with Crippen LogP contribution in [0.3, 0.4) is 0 Å². The van der Waals surface area contributed by atoms with Crippen molar-refractivity contribution in [3.63, 3.8) is 0 Å². The first-order chi connectivity index (χ1) is 9.96. The number of ether oxygens (including phenoxy) is 2. The van der Waals surface area contributed by atoms with Gasteiger partial charge in [0.2, 0.25) is 0 Å². The van der Waals surface area contributed by atoms with Crippen LogP contribution in [0, 0.1) is 0 Å². The van der Waals surface area contributed by atoms with Crippen LogP contribution in [0.5, 0.6) is 11.5 Å². The smallest absolute Gasteiger partial charge is 0.411 e. The second-order valence-corrected chi connectivity index (χ2v) is 4.54. The Hall–Kier alpha value is -1.95. The van der Waals surface area contributed by atoms with Gasteiger partial charge in [0.05, 0.1) is 13.2 Å². The summed E-state index contributed by atoms with van der Waals surface area (Å²) in [5.74, 6) is 0.314. The number of fused-ring (bicyclic) bond motifs is 1. The summed E-state index contributed by atoms with van der Waals surface area (Å²) in [4.78, 5) is 0. The van der Waals surface area contributed by atoms with E-state index in [0.717, 1.165) is 10.8 Å². The minimum Gasteiger partial charge on any atom is -0.504 e. The van der Waals surface area contributed by atoms with Gasteiger partial charge in [0, 0.05) is 6.42 Å². The number of benzene rings is 2. The Morgan fingerprint density at radius 3 is 2.33 bits per heavy atom. The largest absolute Gasteiger partial charge is 0.504 e. The number of hydrogen-bond donors (Lipinski definition) is 1. The molecule has 1 N–H and O–H groups in total. The Balaban J connectivity index is 1.82. The van der Waals surface area contributed by atoms with Gasteiger partial charge in [-0.3, -0.25) is 0 Å². The van der Waals surface area contributed by atoms with Crippen LogP contribution in [0.2, 0.25) is 0 Å². The van der Waals surface area contributed by atoms with Crippen molar-refractivity contribution in [3.05, 3.63) is 36.4 Å². The summed E-state index contributed by atoms with van der Waals surface area (Å²) in [6.07, 6.45) is -4.00. The molecule has 114 valence electrons. The lowest BCUT2D eigenvalue weighted by Crippen LogP contribution is -2.18. The molecule has 0 bridgehead atoms. The van der Waals surface area contributed by atoms with Crippen molar-refractivity contribution in [2.24, 2.45) is 0 Å². The zero-order valence-corrected chi connectivity index (χ0v) is 11.2. The number of hydrogen-bond acceptors (Lipinski definition) is 3. The number of halogens is 3. The molecule has 0 aromatic heterocycles. The summed E-state index contributed by atoms with van der Waals surface area (Å²) < 4.78 is 45.4. The topological polar surface area (TPSA) is 38.7 Å². The normalized spacial score (nSPS) is 11.8. The Kier molecular flexibility index (Phi) is 4.90. The molecule has 3 nitrogen and oxygen atoms in total. The van der Waals surface area contributed by atoms with Crippen molar-refractivity contribution in [1.82, 2.24) is 0 Å². The first-order valence-electron chi connectivity index (χ1n) is 6.45. The quantitative estimate of drug-likeness (QED) is 0.822. The van der Waals surface area contributed by atoms with E-state index >= 15 is 0 Å². The van der Waals surface area contributed by atoms with Crippen molar-refractivity contribution in [3.8, 4) is 11.5 Å². The first-order valence-corrected chi connectivity index (χ1v) is 6.45. The molecule has 2 rings (SSSR count). The number of alkyl halides is 3. The van der Waals surface area contributed by atoms with Gasteiger partial charge in [-0.05, 0) is 22.9 Å². The van der Waals surface area contributed by atoms with Crippen LogP contribution in [0.1, 0.15) is 6.42 Å². The van der Waals surface area contributed by atoms with E-state index in [-0.39, 0.29) is 19.0 Å². The predicted molar refractivity (Wildman–Crippen MR) is 72.6 cm³/mol. The summed E-state index contributed by atoms with van der Waals surface area (Å²) in [5.41, 5.74) is 0. The SMILES string of the molecule is Oc1cc2ccccc2cc1OCCCOCC(F)(F)F. The Morgan fingerprint density at radius 2 is 1.67 bits per heavy atom. The Morgan fingerprint density at radius 1 is 1.00 bits per heavy atom. The molecular formula is C15H15F3O3. The Bertz CT molecular complexity index is 596. The van der Waals surface area contributed by atoms with Crippen LogP contribution in [-0.4, -0.2) is 31.1 Å². The zero-order valence-electron chi connectivity index (χ0n) is 11.2. The van der Waals surface area contributed by atoms with Crippen LogP contribution in [0.25, 0.3) is 10.8 Å². The molecule has 0 atom stereocenters. The number of aromatic hydroxyl groups is 1. The average Bonchev–Trinajstić information content (AvgIpc) is 2.41. The van der Waals surface area contributed by atoms with Crippen molar-refractivity contribution in [2.75, 3.05) is 19.8 Å². The molecule has 0 aliphatic carbocycles. The second-order valence-electron chi connectivity index (χ2n) is 4.54. The van der Waals surface area contributed by atoms with E-state index in [1.165, 1.54) is 0 Å². The van der Waals surface area contributed by atoms with E-state index in [4.69, 9.17) is 4.74 Å². The fourth-order valence-corrected chi connectivity index (χ4v) is 1.85. The highest BCUT2D eigenvalue weighted by Crippen LogP contribution is 2.31.